The average molecular weight is 353 g/mol. The second-order valence-corrected chi connectivity index (χ2v) is 7.84. The summed E-state index contributed by atoms with van der Waals surface area (Å²) in [5.41, 5.74) is 3.10. The average Bonchev–Trinajstić information content (AvgIpc) is 2.82. The van der Waals surface area contributed by atoms with Gasteiger partial charge in [-0.15, -0.1) is 11.3 Å². The molecule has 1 fully saturated rings. The van der Waals surface area contributed by atoms with E-state index in [2.05, 4.69) is 24.8 Å². The van der Waals surface area contributed by atoms with E-state index in [4.69, 9.17) is 5.26 Å². The minimum Gasteiger partial charge on any atom is -0.337 e. The fourth-order valence-corrected chi connectivity index (χ4v) is 4.11. The Labute approximate surface area is 153 Å². The number of rotatable bonds is 3. The Morgan fingerprint density at radius 1 is 1.16 bits per heavy atom. The Balaban J connectivity index is 1.60. The van der Waals surface area contributed by atoms with Gasteiger partial charge < -0.3 is 4.90 Å². The highest BCUT2D eigenvalue weighted by Gasteiger charge is 2.22. The summed E-state index contributed by atoms with van der Waals surface area (Å²) in [6, 6.07) is 11.9. The van der Waals surface area contributed by atoms with Crippen LogP contribution in [0.1, 0.15) is 37.7 Å². The first-order chi connectivity index (χ1) is 12.1. The zero-order valence-corrected chi connectivity index (χ0v) is 15.6. The van der Waals surface area contributed by atoms with Crippen molar-refractivity contribution in [2.75, 3.05) is 26.2 Å². The molecule has 1 amide bonds. The highest BCUT2D eigenvalue weighted by Crippen LogP contribution is 2.22. The van der Waals surface area contributed by atoms with Gasteiger partial charge in [0, 0.05) is 37.6 Å². The minimum absolute atomic E-state index is 0.168. The number of benzene rings is 1. The summed E-state index contributed by atoms with van der Waals surface area (Å²) < 4.78 is 0. The van der Waals surface area contributed by atoms with Crippen LogP contribution in [0.25, 0.3) is 0 Å². The lowest BCUT2D eigenvalue weighted by Gasteiger charge is -2.21. The Hall–Kier alpha value is -2.16. The van der Waals surface area contributed by atoms with Crippen molar-refractivity contribution >= 4 is 17.2 Å². The summed E-state index contributed by atoms with van der Waals surface area (Å²) in [7, 11) is 0. The number of nitriles is 1. The van der Waals surface area contributed by atoms with E-state index in [0.717, 1.165) is 44.0 Å². The fourth-order valence-electron chi connectivity index (χ4n) is 3.11. The summed E-state index contributed by atoms with van der Waals surface area (Å²) >= 11 is 1.60. The molecule has 2 heterocycles. The van der Waals surface area contributed by atoms with E-state index in [9.17, 15) is 4.79 Å². The number of carbonyl (C=O) groups excluding carboxylic acids is 1. The standard InChI is InChI=1S/C20H23N3OS/c1-15-12-19(25-16(15)2)20(24)23-9-3-8-22(10-11-23)14-18-6-4-17(13-21)5-7-18/h4-7,12H,3,8-11,14H2,1-2H3. The molecule has 1 aromatic heterocycles. The summed E-state index contributed by atoms with van der Waals surface area (Å²) in [5.74, 6) is 0.168. The molecule has 4 nitrogen and oxygen atoms in total. The molecule has 0 spiro atoms. The third-order valence-corrected chi connectivity index (χ3v) is 5.88. The maximum Gasteiger partial charge on any atom is 0.263 e. The molecule has 0 unspecified atom stereocenters. The van der Waals surface area contributed by atoms with Crippen LogP contribution in [0.4, 0.5) is 0 Å². The molecular weight excluding hydrogens is 330 g/mol. The number of hydrogen-bond acceptors (Lipinski definition) is 4. The summed E-state index contributed by atoms with van der Waals surface area (Å²) in [5, 5.41) is 8.88. The second-order valence-electron chi connectivity index (χ2n) is 6.58. The lowest BCUT2D eigenvalue weighted by molar-refractivity contribution is 0.0766. The van der Waals surface area contributed by atoms with Gasteiger partial charge in [0.05, 0.1) is 16.5 Å². The van der Waals surface area contributed by atoms with Crippen LogP contribution in [0.15, 0.2) is 30.3 Å². The van der Waals surface area contributed by atoms with Gasteiger partial charge in [0.15, 0.2) is 0 Å². The van der Waals surface area contributed by atoms with Crippen LogP contribution >= 0.6 is 11.3 Å². The first kappa shape index (κ1) is 17.7. The molecule has 0 radical (unpaired) electrons. The van der Waals surface area contributed by atoms with Crippen LogP contribution in [-0.4, -0.2) is 41.9 Å². The quantitative estimate of drug-likeness (QED) is 0.847. The van der Waals surface area contributed by atoms with E-state index in [-0.39, 0.29) is 5.91 Å². The highest BCUT2D eigenvalue weighted by molar-refractivity contribution is 7.14. The van der Waals surface area contributed by atoms with Crippen molar-refractivity contribution in [1.29, 1.82) is 5.26 Å². The summed E-state index contributed by atoms with van der Waals surface area (Å²) in [6.07, 6.45) is 0.991. The van der Waals surface area contributed by atoms with Crippen molar-refractivity contribution in [1.82, 2.24) is 9.80 Å². The molecule has 25 heavy (non-hydrogen) atoms. The third kappa shape index (κ3) is 4.28. The molecular formula is C20H23N3OS. The Morgan fingerprint density at radius 3 is 2.56 bits per heavy atom. The van der Waals surface area contributed by atoms with Gasteiger partial charge in [-0.25, -0.2) is 0 Å². The van der Waals surface area contributed by atoms with Crippen molar-refractivity contribution in [3.63, 3.8) is 0 Å². The van der Waals surface area contributed by atoms with Gasteiger partial charge in [0.1, 0.15) is 0 Å². The van der Waals surface area contributed by atoms with Gasteiger partial charge in [-0.1, -0.05) is 12.1 Å². The largest absolute Gasteiger partial charge is 0.337 e. The molecule has 0 bridgehead atoms. The molecule has 0 aliphatic carbocycles. The number of amides is 1. The van der Waals surface area contributed by atoms with E-state index in [1.54, 1.807) is 11.3 Å². The topological polar surface area (TPSA) is 47.3 Å². The van der Waals surface area contributed by atoms with Gasteiger partial charge >= 0.3 is 0 Å². The molecule has 1 aromatic carbocycles. The van der Waals surface area contributed by atoms with Gasteiger partial charge in [0.2, 0.25) is 0 Å². The van der Waals surface area contributed by atoms with Crippen molar-refractivity contribution in [2.45, 2.75) is 26.8 Å². The third-order valence-electron chi connectivity index (χ3n) is 4.74. The van der Waals surface area contributed by atoms with Crippen molar-refractivity contribution < 1.29 is 4.79 Å². The molecule has 0 N–H and O–H groups in total. The van der Waals surface area contributed by atoms with E-state index < -0.39 is 0 Å². The van der Waals surface area contributed by atoms with Crippen LogP contribution in [0.2, 0.25) is 0 Å². The van der Waals surface area contributed by atoms with Crippen LogP contribution in [0, 0.1) is 25.2 Å². The number of carbonyl (C=O) groups is 1. The van der Waals surface area contributed by atoms with Crippen LogP contribution in [-0.2, 0) is 6.54 Å². The smallest absolute Gasteiger partial charge is 0.263 e. The van der Waals surface area contributed by atoms with E-state index in [1.165, 1.54) is 16.0 Å². The van der Waals surface area contributed by atoms with Crippen LogP contribution < -0.4 is 0 Å². The molecule has 1 aliphatic heterocycles. The normalized spacial score (nSPS) is 15.6. The monoisotopic (exact) mass is 353 g/mol. The predicted molar refractivity (Wildman–Crippen MR) is 101 cm³/mol. The number of nitrogens with zero attached hydrogens (tertiary/aromatic N) is 3. The molecule has 0 atom stereocenters. The fraction of sp³-hybridized carbons (Fsp3) is 0.400. The Morgan fingerprint density at radius 2 is 1.92 bits per heavy atom. The number of aryl methyl sites for hydroxylation is 2. The van der Waals surface area contributed by atoms with Crippen molar-refractivity contribution in [3.05, 3.63) is 56.8 Å². The van der Waals surface area contributed by atoms with E-state index >= 15 is 0 Å². The molecule has 3 rings (SSSR count). The molecule has 2 aromatic rings. The lowest BCUT2D eigenvalue weighted by Crippen LogP contribution is -2.34. The SMILES string of the molecule is Cc1cc(C(=O)N2CCCN(Cc3ccc(C#N)cc3)CC2)sc1C. The second kappa shape index (κ2) is 7.81. The Kier molecular flexibility index (Phi) is 5.52. The maximum atomic E-state index is 12.7. The predicted octanol–water partition coefficient (Wildman–Crippen LogP) is 3.58. The van der Waals surface area contributed by atoms with Crippen molar-refractivity contribution in [2.24, 2.45) is 0 Å². The van der Waals surface area contributed by atoms with Gasteiger partial charge in [-0.3, -0.25) is 9.69 Å². The molecule has 1 aliphatic rings. The van der Waals surface area contributed by atoms with E-state index in [0.29, 0.717) is 5.56 Å². The zero-order chi connectivity index (χ0) is 17.8. The molecule has 5 heteroatoms. The highest BCUT2D eigenvalue weighted by atomic mass is 32.1. The van der Waals surface area contributed by atoms with Crippen LogP contribution in [0.3, 0.4) is 0 Å². The number of hydrogen-bond donors (Lipinski definition) is 0. The molecule has 1 saturated heterocycles. The zero-order valence-electron chi connectivity index (χ0n) is 14.8. The first-order valence-electron chi connectivity index (χ1n) is 8.64. The van der Waals surface area contributed by atoms with E-state index in [1.807, 2.05) is 35.2 Å². The first-order valence-corrected chi connectivity index (χ1v) is 9.46. The van der Waals surface area contributed by atoms with Crippen molar-refractivity contribution in [3.8, 4) is 6.07 Å². The van der Waals surface area contributed by atoms with Crippen LogP contribution in [0.5, 0.6) is 0 Å². The minimum atomic E-state index is 0.168. The molecule has 0 saturated carbocycles. The number of thiophene rings is 1. The van der Waals surface area contributed by atoms with Gasteiger partial charge in [-0.2, -0.15) is 5.26 Å². The summed E-state index contributed by atoms with van der Waals surface area (Å²) in [6.45, 7) is 8.46. The molecule has 130 valence electrons. The van der Waals surface area contributed by atoms with Gasteiger partial charge in [0.25, 0.3) is 5.91 Å². The maximum absolute atomic E-state index is 12.7. The summed E-state index contributed by atoms with van der Waals surface area (Å²) in [4.78, 5) is 19.2. The van der Waals surface area contributed by atoms with Gasteiger partial charge in [-0.05, 0) is 49.6 Å². The lowest BCUT2D eigenvalue weighted by atomic mass is 10.1. The Bertz CT molecular complexity index is 769.